The monoisotopic (exact) mass is 296 g/mol. The van der Waals surface area contributed by atoms with Crippen molar-refractivity contribution in [3.8, 4) is 0 Å². The summed E-state index contributed by atoms with van der Waals surface area (Å²) in [5.41, 5.74) is 1.86. The van der Waals surface area contributed by atoms with Gasteiger partial charge in [0, 0.05) is 6.08 Å². The molecule has 22 heavy (non-hydrogen) atoms. The molecule has 0 amide bonds. The lowest BCUT2D eigenvalue weighted by Crippen LogP contribution is -2.22. The maximum atomic E-state index is 11.9. The predicted octanol–water partition coefficient (Wildman–Crippen LogP) is 5.32. The zero-order chi connectivity index (χ0) is 16.3. The number of rotatable bonds is 3. The van der Waals surface area contributed by atoms with Crippen LogP contribution in [0, 0.1) is 0 Å². The number of carbonyl (C=O) groups excluding carboxylic acids is 1. The molecule has 0 aliphatic carbocycles. The van der Waals surface area contributed by atoms with Crippen molar-refractivity contribution in [3.63, 3.8) is 0 Å². The van der Waals surface area contributed by atoms with Gasteiger partial charge in [-0.05, 0) is 54.7 Å². The van der Waals surface area contributed by atoms with Gasteiger partial charge in [0.25, 0.3) is 0 Å². The summed E-state index contributed by atoms with van der Waals surface area (Å²) >= 11 is 0. The van der Waals surface area contributed by atoms with Gasteiger partial charge < -0.3 is 4.74 Å². The van der Waals surface area contributed by atoms with Crippen molar-refractivity contribution in [2.75, 3.05) is 0 Å². The molecule has 0 aromatic heterocycles. The quantitative estimate of drug-likeness (QED) is 0.566. The molecule has 2 rings (SSSR count). The van der Waals surface area contributed by atoms with Crippen LogP contribution < -0.4 is 0 Å². The number of carbonyl (C=O) groups is 1. The smallest absolute Gasteiger partial charge is 0.331 e. The zero-order valence-corrected chi connectivity index (χ0v) is 14.0. The van der Waals surface area contributed by atoms with Crippen molar-refractivity contribution in [1.82, 2.24) is 0 Å². The molecule has 2 aromatic carbocycles. The number of fused-ring (bicyclic) bond motifs is 1. The summed E-state index contributed by atoms with van der Waals surface area (Å²) in [7, 11) is 0. The highest BCUT2D eigenvalue weighted by Crippen LogP contribution is 2.28. The second-order valence-electron chi connectivity index (χ2n) is 6.81. The van der Waals surface area contributed by atoms with Gasteiger partial charge in [0.1, 0.15) is 5.60 Å². The number of benzene rings is 2. The minimum atomic E-state index is -0.471. The lowest BCUT2D eigenvalue weighted by atomic mass is 9.92. The Hall–Kier alpha value is -2.09. The van der Waals surface area contributed by atoms with Crippen LogP contribution in [0.25, 0.3) is 16.8 Å². The van der Waals surface area contributed by atoms with E-state index in [9.17, 15) is 4.79 Å². The van der Waals surface area contributed by atoms with Gasteiger partial charge in [0.05, 0.1) is 0 Å². The summed E-state index contributed by atoms with van der Waals surface area (Å²) < 4.78 is 5.35. The van der Waals surface area contributed by atoms with Crippen molar-refractivity contribution in [1.29, 1.82) is 0 Å². The number of esters is 1. The standard InChI is InChI=1S/C20H24O2/c1-14(2)16-11-10-15-8-6-7-9-17(15)18(16)12-13-19(21)22-20(3,4)5/h6-14H,1-5H3/b13-12+. The lowest BCUT2D eigenvalue weighted by Gasteiger charge is -2.18. The summed E-state index contributed by atoms with van der Waals surface area (Å²) in [6, 6.07) is 12.5. The molecule has 0 saturated heterocycles. The first-order valence-corrected chi connectivity index (χ1v) is 7.70. The highest BCUT2D eigenvalue weighted by atomic mass is 16.6. The highest BCUT2D eigenvalue weighted by molar-refractivity contribution is 5.96. The SMILES string of the molecule is CC(C)c1ccc2ccccc2c1/C=C/C(=O)OC(C)(C)C. The van der Waals surface area contributed by atoms with E-state index in [0.717, 1.165) is 10.9 Å². The van der Waals surface area contributed by atoms with Crippen molar-refractivity contribution in [3.05, 3.63) is 53.6 Å². The maximum Gasteiger partial charge on any atom is 0.331 e. The van der Waals surface area contributed by atoms with Crippen LogP contribution in [0.3, 0.4) is 0 Å². The number of hydrogen-bond acceptors (Lipinski definition) is 2. The van der Waals surface area contributed by atoms with Crippen LogP contribution in [-0.2, 0) is 9.53 Å². The maximum absolute atomic E-state index is 11.9. The van der Waals surface area contributed by atoms with Crippen LogP contribution in [0.15, 0.2) is 42.5 Å². The lowest BCUT2D eigenvalue weighted by molar-refractivity contribution is -0.148. The summed E-state index contributed by atoms with van der Waals surface area (Å²) in [6.07, 6.45) is 3.41. The Morgan fingerprint density at radius 3 is 2.41 bits per heavy atom. The van der Waals surface area contributed by atoms with E-state index in [1.165, 1.54) is 17.0 Å². The van der Waals surface area contributed by atoms with Crippen LogP contribution in [0.4, 0.5) is 0 Å². The van der Waals surface area contributed by atoms with Gasteiger partial charge in [0.2, 0.25) is 0 Å². The Kier molecular flexibility index (Phi) is 4.70. The molecule has 116 valence electrons. The van der Waals surface area contributed by atoms with Crippen LogP contribution in [0.5, 0.6) is 0 Å². The zero-order valence-electron chi connectivity index (χ0n) is 14.0. The molecule has 0 spiro atoms. The van der Waals surface area contributed by atoms with E-state index in [2.05, 4.69) is 38.1 Å². The van der Waals surface area contributed by atoms with E-state index in [-0.39, 0.29) is 5.97 Å². The molecule has 0 bridgehead atoms. The van der Waals surface area contributed by atoms with Crippen molar-refractivity contribution < 1.29 is 9.53 Å². The Balaban J connectivity index is 2.44. The van der Waals surface area contributed by atoms with Gasteiger partial charge >= 0.3 is 5.97 Å². The second-order valence-corrected chi connectivity index (χ2v) is 6.81. The van der Waals surface area contributed by atoms with Gasteiger partial charge in [-0.3, -0.25) is 0 Å². The number of hydrogen-bond donors (Lipinski definition) is 0. The Bertz CT molecular complexity index is 703. The molecule has 0 atom stereocenters. The minimum Gasteiger partial charge on any atom is -0.457 e. The molecule has 2 nitrogen and oxygen atoms in total. The van der Waals surface area contributed by atoms with Gasteiger partial charge in [-0.1, -0.05) is 50.2 Å². The molecule has 0 radical (unpaired) electrons. The molecule has 2 aromatic rings. The van der Waals surface area contributed by atoms with Gasteiger partial charge in [-0.25, -0.2) is 4.79 Å². The third-order valence-electron chi connectivity index (χ3n) is 3.42. The van der Waals surface area contributed by atoms with Gasteiger partial charge in [-0.2, -0.15) is 0 Å². The minimum absolute atomic E-state index is 0.310. The van der Waals surface area contributed by atoms with E-state index >= 15 is 0 Å². The van der Waals surface area contributed by atoms with Crippen LogP contribution in [0.1, 0.15) is 51.7 Å². The van der Waals surface area contributed by atoms with Crippen LogP contribution in [0.2, 0.25) is 0 Å². The fourth-order valence-electron chi connectivity index (χ4n) is 2.49. The third kappa shape index (κ3) is 3.97. The fourth-order valence-corrected chi connectivity index (χ4v) is 2.49. The predicted molar refractivity (Wildman–Crippen MR) is 92.9 cm³/mol. The normalized spacial score (nSPS) is 12.3. The first kappa shape index (κ1) is 16.3. The molecular weight excluding hydrogens is 272 g/mol. The molecule has 2 heteroatoms. The first-order valence-electron chi connectivity index (χ1n) is 7.70. The first-order chi connectivity index (χ1) is 10.3. The molecule has 0 fully saturated rings. The van der Waals surface area contributed by atoms with E-state index in [1.807, 2.05) is 39.0 Å². The summed E-state index contributed by atoms with van der Waals surface area (Å²) in [5.74, 6) is 0.0815. The summed E-state index contributed by atoms with van der Waals surface area (Å²) in [6.45, 7) is 9.94. The van der Waals surface area contributed by atoms with Crippen LogP contribution in [-0.4, -0.2) is 11.6 Å². The fraction of sp³-hybridized carbons (Fsp3) is 0.350. The second kappa shape index (κ2) is 6.35. The summed E-state index contributed by atoms with van der Waals surface area (Å²) in [4.78, 5) is 11.9. The average Bonchev–Trinajstić information content (AvgIpc) is 2.42. The Morgan fingerprint density at radius 1 is 1.09 bits per heavy atom. The van der Waals surface area contributed by atoms with Gasteiger partial charge in [0.15, 0.2) is 0 Å². The van der Waals surface area contributed by atoms with Crippen molar-refractivity contribution in [2.45, 2.75) is 46.1 Å². The van der Waals surface area contributed by atoms with E-state index in [1.54, 1.807) is 0 Å². The Morgan fingerprint density at radius 2 is 1.77 bits per heavy atom. The van der Waals surface area contributed by atoms with Crippen LogP contribution >= 0.6 is 0 Å². The molecule has 0 aliphatic heterocycles. The van der Waals surface area contributed by atoms with Crippen molar-refractivity contribution >= 4 is 22.8 Å². The molecule has 0 heterocycles. The highest BCUT2D eigenvalue weighted by Gasteiger charge is 2.14. The van der Waals surface area contributed by atoms with E-state index in [4.69, 9.17) is 4.74 Å². The topological polar surface area (TPSA) is 26.3 Å². The Labute approximate surface area is 132 Å². The van der Waals surface area contributed by atoms with E-state index < -0.39 is 5.60 Å². The average molecular weight is 296 g/mol. The molecule has 0 N–H and O–H groups in total. The summed E-state index contributed by atoms with van der Waals surface area (Å²) in [5, 5.41) is 2.34. The molecule has 0 unspecified atom stereocenters. The van der Waals surface area contributed by atoms with E-state index in [0.29, 0.717) is 5.92 Å². The molecule has 0 aliphatic rings. The van der Waals surface area contributed by atoms with Crippen molar-refractivity contribution in [2.24, 2.45) is 0 Å². The molecular formula is C20H24O2. The number of ether oxygens (including phenoxy) is 1. The molecule has 0 saturated carbocycles. The largest absolute Gasteiger partial charge is 0.457 e. The third-order valence-corrected chi connectivity index (χ3v) is 3.42. The van der Waals surface area contributed by atoms with Gasteiger partial charge in [-0.15, -0.1) is 0 Å².